The summed E-state index contributed by atoms with van der Waals surface area (Å²) in [5, 5.41) is 62.0. The van der Waals surface area contributed by atoms with Gasteiger partial charge in [-0.1, -0.05) is 13.8 Å². The van der Waals surface area contributed by atoms with E-state index in [9.17, 15) is 43.9 Å². The number of ether oxygens (including phenoxy) is 7. The fourth-order valence-corrected chi connectivity index (χ4v) is 10.5. The maximum absolute atomic E-state index is 14.3. The van der Waals surface area contributed by atoms with Crippen LogP contribution in [0.5, 0.6) is 5.75 Å². The standard InChI is InChI=1S/C50H83F2N3O14/c1-13-39-50(9,62)43(57)30(5)54(10)25-27(2)23-48(7,61)40(22-38(29(4)46(60)68-39)67-41-24-49(8,63-12)44(58)31(6)66-41)69-47-42(56)37(19-28(3)65-47)55(11)26-32-20-34(32)45(59)53-17-14-18-64-33-15-16-35(51)36(52)21-33/h15-16,21,27-32,34,37-44,47,56-58,61-62H,13-14,17-20,22-26H2,1-12H3,(H,53,59)/t27-,28-,29-,30-,31+,32+,34-,37?,38+,39-,40-,41+,42-,43-,44+,47+,48-,49-,50-/m1/s1. The zero-order valence-corrected chi connectivity index (χ0v) is 42.8. The SMILES string of the molecule is CC[C@H]1OC(=O)[C@H](C)[C@@H](O[C@H]2C[C@@](C)(OC)[C@@H](O)[C@H](C)O2)C[C@@H](O[C@@H]2O[C@H](C)CC(N(C)C[C@@H]3C[C@H]3C(=O)NCCCOc3ccc(F)c(F)c3)[C@H]2O)[C@](C)(O)C[C@@H](C)CN(C)[C@H](C)[C@@H](O)[C@]1(C)O. The Morgan fingerprint density at radius 2 is 1.67 bits per heavy atom. The van der Waals surface area contributed by atoms with E-state index in [-0.39, 0.29) is 67.8 Å². The monoisotopic (exact) mass is 988 g/mol. The van der Waals surface area contributed by atoms with Crippen molar-refractivity contribution < 1.29 is 77.1 Å². The van der Waals surface area contributed by atoms with Crippen molar-refractivity contribution in [1.82, 2.24) is 15.1 Å². The lowest BCUT2D eigenvalue weighted by Crippen LogP contribution is -2.59. The molecule has 19 atom stereocenters. The van der Waals surface area contributed by atoms with Gasteiger partial charge in [-0.15, -0.1) is 0 Å². The molecule has 3 saturated heterocycles. The van der Waals surface area contributed by atoms with Gasteiger partial charge in [0.15, 0.2) is 24.2 Å². The predicted molar refractivity (Wildman–Crippen MR) is 250 cm³/mol. The number of amides is 1. The zero-order chi connectivity index (χ0) is 51.3. The number of carbonyl (C=O) groups excluding carboxylic acids is 2. The normalized spacial score (nSPS) is 42.0. The number of cyclic esters (lactones) is 1. The minimum absolute atomic E-state index is 0.0343. The van der Waals surface area contributed by atoms with Crippen molar-refractivity contribution in [1.29, 1.82) is 0 Å². The first kappa shape index (κ1) is 57.2. The van der Waals surface area contributed by atoms with Crippen LogP contribution in [0.2, 0.25) is 0 Å². The van der Waals surface area contributed by atoms with Gasteiger partial charge >= 0.3 is 5.97 Å². The van der Waals surface area contributed by atoms with Gasteiger partial charge in [0.05, 0.1) is 48.1 Å². The number of rotatable bonds is 15. The van der Waals surface area contributed by atoms with E-state index in [0.717, 1.165) is 12.1 Å². The van der Waals surface area contributed by atoms with Crippen LogP contribution >= 0.6 is 0 Å². The van der Waals surface area contributed by atoms with Gasteiger partial charge in [-0.3, -0.25) is 9.59 Å². The smallest absolute Gasteiger partial charge is 0.311 e. The highest BCUT2D eigenvalue weighted by molar-refractivity contribution is 5.81. The van der Waals surface area contributed by atoms with Gasteiger partial charge in [-0.05, 0) is 119 Å². The van der Waals surface area contributed by atoms with Crippen LogP contribution in [0.25, 0.3) is 0 Å². The highest BCUT2D eigenvalue weighted by Crippen LogP contribution is 2.41. The van der Waals surface area contributed by atoms with Gasteiger partial charge in [0.25, 0.3) is 0 Å². The molecule has 1 aromatic rings. The quantitative estimate of drug-likeness (QED) is 0.109. The molecule has 1 unspecified atom stereocenters. The zero-order valence-electron chi connectivity index (χ0n) is 42.8. The minimum Gasteiger partial charge on any atom is -0.493 e. The van der Waals surface area contributed by atoms with Crippen molar-refractivity contribution in [3.63, 3.8) is 0 Å². The molecule has 0 radical (unpaired) electrons. The predicted octanol–water partition coefficient (Wildman–Crippen LogP) is 3.52. The molecule has 19 heteroatoms. The Kier molecular flexibility index (Phi) is 19.8. The first-order valence-corrected chi connectivity index (χ1v) is 24.8. The highest BCUT2D eigenvalue weighted by atomic mass is 19.2. The number of nitrogens with zero attached hydrogens (tertiary/aromatic N) is 2. The number of aliphatic hydroxyl groups is 5. The third-order valence-electron chi connectivity index (χ3n) is 15.3. The second kappa shape index (κ2) is 23.9. The maximum Gasteiger partial charge on any atom is 0.311 e. The van der Waals surface area contributed by atoms with Crippen molar-refractivity contribution in [2.75, 3.05) is 47.4 Å². The molecule has 6 N–H and O–H groups in total. The number of aliphatic hydroxyl groups excluding tert-OH is 3. The van der Waals surface area contributed by atoms with Crippen molar-refractivity contribution in [2.45, 2.75) is 198 Å². The molecule has 1 aliphatic carbocycles. The number of hydrogen-bond acceptors (Lipinski definition) is 16. The molecular formula is C50H83F2N3O14. The number of methoxy groups -OCH3 is 1. The first-order chi connectivity index (χ1) is 32.2. The van der Waals surface area contributed by atoms with Gasteiger partial charge in [0.2, 0.25) is 5.91 Å². The van der Waals surface area contributed by atoms with Crippen LogP contribution in [-0.2, 0) is 38.0 Å². The van der Waals surface area contributed by atoms with Crippen LogP contribution in [0.3, 0.4) is 0 Å². The number of halogens is 2. The summed E-state index contributed by atoms with van der Waals surface area (Å²) in [7, 11) is 5.19. The van der Waals surface area contributed by atoms with Crippen LogP contribution in [0.15, 0.2) is 18.2 Å². The van der Waals surface area contributed by atoms with Gasteiger partial charge < -0.3 is 73.8 Å². The third-order valence-corrected chi connectivity index (χ3v) is 15.3. The van der Waals surface area contributed by atoms with Gasteiger partial charge in [-0.2, -0.15) is 0 Å². The molecule has 1 saturated carbocycles. The first-order valence-electron chi connectivity index (χ1n) is 24.8. The Hall–Kier alpha value is -2.66. The second-order valence-corrected chi connectivity index (χ2v) is 21.3. The van der Waals surface area contributed by atoms with Crippen LogP contribution in [0.1, 0.15) is 107 Å². The van der Waals surface area contributed by atoms with Crippen molar-refractivity contribution in [3.05, 3.63) is 29.8 Å². The number of hydrogen-bond donors (Lipinski definition) is 6. The topological polar surface area (TPSA) is 218 Å². The van der Waals surface area contributed by atoms with E-state index in [1.807, 2.05) is 37.7 Å². The number of carbonyl (C=O) groups is 2. The second-order valence-electron chi connectivity index (χ2n) is 21.3. The lowest BCUT2D eigenvalue weighted by atomic mass is 9.83. The van der Waals surface area contributed by atoms with Crippen LogP contribution < -0.4 is 10.1 Å². The Labute approximate surface area is 407 Å². The molecule has 3 heterocycles. The Balaban J connectivity index is 1.34. The van der Waals surface area contributed by atoms with Gasteiger partial charge in [0.1, 0.15) is 35.8 Å². The summed E-state index contributed by atoms with van der Waals surface area (Å²) in [6.45, 7) is 17.0. The summed E-state index contributed by atoms with van der Waals surface area (Å²) in [4.78, 5) is 31.3. The van der Waals surface area contributed by atoms with E-state index in [1.165, 1.54) is 20.1 Å². The number of benzene rings is 1. The Bertz CT molecular complexity index is 1830. The van der Waals surface area contributed by atoms with Crippen LogP contribution in [0, 0.1) is 35.3 Å². The molecule has 69 heavy (non-hydrogen) atoms. The molecule has 396 valence electrons. The summed E-state index contributed by atoms with van der Waals surface area (Å²) in [5.74, 6) is -4.03. The average Bonchev–Trinajstić information content (AvgIpc) is 4.06. The summed E-state index contributed by atoms with van der Waals surface area (Å²) in [5.41, 5.74) is -4.54. The average molecular weight is 988 g/mol. The van der Waals surface area contributed by atoms with Crippen LogP contribution in [0.4, 0.5) is 8.78 Å². The summed E-state index contributed by atoms with van der Waals surface area (Å²) < 4.78 is 70.0. The van der Waals surface area contributed by atoms with Crippen LogP contribution in [-0.4, -0.2) is 185 Å². The van der Waals surface area contributed by atoms with E-state index in [0.29, 0.717) is 38.9 Å². The molecule has 1 amide bonds. The molecule has 17 nitrogen and oxygen atoms in total. The fraction of sp³-hybridized carbons (Fsp3) is 0.840. The molecule has 4 aliphatic rings. The molecule has 4 fully saturated rings. The molecule has 0 bridgehead atoms. The highest BCUT2D eigenvalue weighted by Gasteiger charge is 2.51. The largest absolute Gasteiger partial charge is 0.493 e. The number of esters is 1. The summed E-state index contributed by atoms with van der Waals surface area (Å²) in [6, 6.07) is 2.27. The van der Waals surface area contributed by atoms with Gasteiger partial charge in [0, 0.05) is 63.7 Å². The van der Waals surface area contributed by atoms with E-state index < -0.39 is 108 Å². The molecule has 1 aromatic carbocycles. The lowest BCUT2D eigenvalue weighted by molar-refractivity contribution is -0.308. The van der Waals surface area contributed by atoms with Crippen molar-refractivity contribution in [2.24, 2.45) is 23.7 Å². The Morgan fingerprint density at radius 3 is 2.32 bits per heavy atom. The molecule has 5 rings (SSSR count). The molecule has 0 spiro atoms. The van der Waals surface area contributed by atoms with E-state index >= 15 is 0 Å². The fourth-order valence-electron chi connectivity index (χ4n) is 10.5. The maximum atomic E-state index is 14.3. The minimum atomic E-state index is -1.84. The molecular weight excluding hydrogens is 905 g/mol. The van der Waals surface area contributed by atoms with Crippen molar-refractivity contribution >= 4 is 11.9 Å². The number of likely N-dealkylation sites (N-methyl/N-ethyl adjacent to an activating group) is 2. The summed E-state index contributed by atoms with van der Waals surface area (Å²) >= 11 is 0. The third kappa shape index (κ3) is 14.3. The molecule has 0 aromatic heterocycles. The summed E-state index contributed by atoms with van der Waals surface area (Å²) in [6.07, 6.45) is -8.24. The number of nitrogens with one attached hydrogen (secondary N) is 1. The Morgan fingerprint density at radius 1 is 0.971 bits per heavy atom. The van der Waals surface area contributed by atoms with E-state index in [4.69, 9.17) is 33.2 Å². The van der Waals surface area contributed by atoms with E-state index in [1.54, 1.807) is 41.5 Å². The molecule has 3 aliphatic heterocycles. The van der Waals surface area contributed by atoms with Crippen molar-refractivity contribution in [3.8, 4) is 5.75 Å². The van der Waals surface area contributed by atoms with E-state index in [2.05, 4.69) is 5.32 Å². The van der Waals surface area contributed by atoms with Gasteiger partial charge in [-0.25, -0.2) is 8.78 Å². The lowest BCUT2D eigenvalue weighted by Gasteiger charge is -2.47.